The molecule has 0 fully saturated rings. The van der Waals surface area contributed by atoms with Gasteiger partial charge in [-0.15, -0.1) is 0 Å². The zero-order valence-corrected chi connectivity index (χ0v) is 6.19. The minimum atomic E-state index is 0. The molecule has 0 bridgehead atoms. The molecular formula is C4H6O3Tc. The second-order valence-electron chi connectivity index (χ2n) is 0. The standard InChI is InChI=1S/3CHO.CH3.Tc/c3*1-2;;/h3*1H;1H3;/q4*-1;+4/i;;;;1+1. The van der Waals surface area contributed by atoms with Gasteiger partial charge in [-0.1, -0.05) is 0 Å². The fourth-order valence-electron chi connectivity index (χ4n) is 0. The molecule has 0 aromatic carbocycles. The van der Waals surface area contributed by atoms with Gasteiger partial charge in [-0.2, -0.15) is 0 Å². The average Bonchev–Trinajstić information content (AvgIpc) is 1.81. The number of rotatable bonds is 0. The molecule has 0 aliphatic carbocycles. The maximum atomic E-state index is 7.75. The van der Waals surface area contributed by atoms with Gasteiger partial charge in [-0.3, -0.25) is 20.4 Å². The van der Waals surface area contributed by atoms with E-state index in [0.29, 0.717) is 0 Å². The van der Waals surface area contributed by atoms with Crippen LogP contribution in [0.1, 0.15) is 0 Å². The van der Waals surface area contributed by atoms with E-state index < -0.39 is 0 Å². The van der Waals surface area contributed by atoms with Crippen LogP contribution in [0.15, 0.2) is 0 Å². The van der Waals surface area contributed by atoms with E-state index in [1.165, 1.54) is 0 Å². The summed E-state index contributed by atoms with van der Waals surface area (Å²) >= 11 is 0. The van der Waals surface area contributed by atoms with Crippen molar-refractivity contribution in [2.24, 2.45) is 0 Å². The molecule has 0 atom stereocenters. The Morgan fingerprint density at radius 2 is 0.625 bits per heavy atom. The molecule has 8 heavy (non-hydrogen) atoms. The van der Waals surface area contributed by atoms with E-state index in [1.54, 1.807) is 0 Å². The van der Waals surface area contributed by atoms with E-state index in [2.05, 4.69) is 20.4 Å². The first kappa shape index (κ1) is 48.0. The summed E-state index contributed by atoms with van der Waals surface area (Å²) in [4.78, 5) is 23.2. The van der Waals surface area contributed by atoms with E-state index in [1.807, 2.05) is 0 Å². The molecule has 3 nitrogen and oxygen atoms in total. The predicted octanol–water partition coefficient (Wildman–Crippen LogP) is -0.375. The van der Waals surface area contributed by atoms with Gasteiger partial charge < -0.3 is 21.8 Å². The summed E-state index contributed by atoms with van der Waals surface area (Å²) in [6, 6.07) is 0. The molecule has 0 saturated heterocycles. The molecule has 0 unspecified atom stereocenters. The Bertz CT molecular complexity index is 16.0. The van der Waals surface area contributed by atoms with Crippen LogP contribution in [-0.2, 0) is 34.5 Å². The summed E-state index contributed by atoms with van der Waals surface area (Å²) in [5, 5.41) is 0. The first-order valence-corrected chi connectivity index (χ1v) is 0.707. The van der Waals surface area contributed by atoms with Crippen molar-refractivity contribution in [2.75, 3.05) is 0 Å². The van der Waals surface area contributed by atoms with Crippen LogP contribution in [0.4, 0.5) is 0 Å². The van der Waals surface area contributed by atoms with Gasteiger partial charge in [-0.05, 0) is 0 Å². The van der Waals surface area contributed by atoms with Crippen molar-refractivity contribution < 1.29 is 34.5 Å². The Kier molecular flexibility index (Phi) is 11000. The van der Waals surface area contributed by atoms with Crippen molar-refractivity contribution in [3.63, 3.8) is 0 Å². The van der Waals surface area contributed by atoms with Gasteiger partial charge in [0.25, 0.3) is 0 Å². The van der Waals surface area contributed by atoms with Gasteiger partial charge in [0, 0.05) is 0 Å². The van der Waals surface area contributed by atoms with Crippen LogP contribution in [0.25, 0.3) is 0 Å². The number of hydrogen-bond acceptors (Lipinski definition) is 3. The van der Waals surface area contributed by atoms with Crippen LogP contribution in [0.3, 0.4) is 0 Å². The van der Waals surface area contributed by atoms with Gasteiger partial charge in [0.1, 0.15) is 0 Å². The molecule has 0 rings (SSSR count). The topological polar surface area (TPSA) is 51.2 Å². The molecule has 0 aliphatic heterocycles. The molecular weight excluding hydrogens is 195 g/mol. The molecule has 1 radical (unpaired) electrons. The monoisotopic (exact) mass is 201 g/mol. The fourth-order valence-corrected chi connectivity index (χ4v) is 0. The minimum absolute atomic E-state index is 0. The predicted molar refractivity (Wildman–Crippen MR) is 26.7 cm³/mol. The van der Waals surface area contributed by atoms with Gasteiger partial charge >= 0.3 is 20.1 Å². The first-order valence-electron chi connectivity index (χ1n) is 0.707. The normalized spacial score (nSPS) is 1.50. The molecule has 0 aliphatic rings. The smallest absolute Gasteiger partial charge is 0.545 e. The average molecular weight is 201 g/mol. The zero-order chi connectivity index (χ0) is 6.00. The van der Waals surface area contributed by atoms with Crippen LogP contribution < -0.4 is 0 Å². The number of hydrogen-bond donors (Lipinski definition) is 0. The SMILES string of the molecule is [99Tc+4].[CH-]=O.[CH-]=O.[CH-]=O.[CH3-]. The van der Waals surface area contributed by atoms with E-state index in [4.69, 9.17) is 14.4 Å². The molecule has 0 aromatic rings. The molecule has 0 N–H and O–H groups in total. The molecule has 0 amide bonds. The van der Waals surface area contributed by atoms with Crippen molar-refractivity contribution in [1.29, 1.82) is 0 Å². The maximum absolute atomic E-state index is 7.75. The summed E-state index contributed by atoms with van der Waals surface area (Å²) in [6.45, 7) is 9.75. The fraction of sp³-hybridized carbons (Fsp3) is 0. The Balaban J connectivity index is -0.00000000500. The zero-order valence-electron chi connectivity index (χ0n) is 4.33. The van der Waals surface area contributed by atoms with Gasteiger partial charge in [0.15, 0.2) is 0 Å². The Hall–Kier alpha value is -0.341. The van der Waals surface area contributed by atoms with E-state index in [9.17, 15) is 0 Å². The molecule has 0 heterocycles. The summed E-state index contributed by atoms with van der Waals surface area (Å²) in [5.41, 5.74) is 0. The van der Waals surface area contributed by atoms with Crippen molar-refractivity contribution in [3.05, 3.63) is 7.43 Å². The van der Waals surface area contributed by atoms with E-state index in [-0.39, 0.29) is 27.5 Å². The molecule has 4 heteroatoms. The Labute approximate surface area is 62.8 Å². The van der Waals surface area contributed by atoms with Crippen molar-refractivity contribution in [1.82, 2.24) is 0 Å². The van der Waals surface area contributed by atoms with Crippen LogP contribution in [0.5, 0.6) is 0 Å². The number of carbonyl (C=O) groups excluding carboxylic acids is 3. The summed E-state index contributed by atoms with van der Waals surface area (Å²) in [7, 11) is 0. The molecule has 0 saturated carbocycles. The second kappa shape index (κ2) is 1840. The van der Waals surface area contributed by atoms with E-state index in [0.717, 1.165) is 0 Å². The molecule has 0 aromatic heterocycles. The van der Waals surface area contributed by atoms with Gasteiger partial charge in [0.2, 0.25) is 0 Å². The van der Waals surface area contributed by atoms with Crippen molar-refractivity contribution in [2.45, 2.75) is 0 Å². The first-order chi connectivity index (χ1) is 3.00. The summed E-state index contributed by atoms with van der Waals surface area (Å²) in [5.74, 6) is 0. The molecule has 0 spiro atoms. The maximum Gasteiger partial charge on any atom is 4.00 e. The third-order valence-electron chi connectivity index (χ3n) is 0. The van der Waals surface area contributed by atoms with Gasteiger partial charge in [0.05, 0.1) is 0 Å². The van der Waals surface area contributed by atoms with E-state index >= 15 is 0 Å². The minimum Gasteiger partial charge on any atom is -0.545 e. The Morgan fingerprint density at radius 1 is 0.625 bits per heavy atom. The van der Waals surface area contributed by atoms with Gasteiger partial charge in [-0.25, -0.2) is 0 Å². The van der Waals surface area contributed by atoms with Crippen LogP contribution in [-0.4, -0.2) is 20.4 Å². The van der Waals surface area contributed by atoms with Crippen LogP contribution in [0.2, 0.25) is 0 Å². The quantitative estimate of drug-likeness (QED) is 0.396. The van der Waals surface area contributed by atoms with Crippen LogP contribution >= 0.6 is 0 Å². The third kappa shape index (κ3) is 1060. The van der Waals surface area contributed by atoms with Crippen LogP contribution in [0, 0.1) is 7.43 Å². The summed E-state index contributed by atoms with van der Waals surface area (Å²) in [6.07, 6.45) is 0. The largest absolute Gasteiger partial charge is 4.00 e. The van der Waals surface area contributed by atoms with Crippen molar-refractivity contribution >= 4 is 20.4 Å². The van der Waals surface area contributed by atoms with Crippen molar-refractivity contribution in [3.8, 4) is 0 Å². The second-order valence-corrected chi connectivity index (χ2v) is 0. The molecule has 47 valence electrons. The Morgan fingerprint density at radius 3 is 0.625 bits per heavy atom. The third-order valence-corrected chi connectivity index (χ3v) is 0. The summed E-state index contributed by atoms with van der Waals surface area (Å²) < 4.78 is 0.